The van der Waals surface area contributed by atoms with Gasteiger partial charge in [-0.1, -0.05) is 6.92 Å². The van der Waals surface area contributed by atoms with Gasteiger partial charge in [-0.05, 0) is 44.0 Å². The second kappa shape index (κ2) is 8.47. The van der Waals surface area contributed by atoms with E-state index in [0.717, 1.165) is 0 Å². The molecule has 0 bridgehead atoms. The van der Waals surface area contributed by atoms with Gasteiger partial charge < -0.3 is 4.90 Å². The number of nitrogens with one attached hydrogen (secondary N) is 2. The van der Waals surface area contributed by atoms with Crippen LogP contribution in [0.3, 0.4) is 0 Å². The second-order valence-electron chi connectivity index (χ2n) is 8.90. The van der Waals surface area contributed by atoms with Crippen LogP contribution in [0, 0.1) is 16.6 Å². The minimum absolute atomic E-state index is 0.122. The number of alkyl halides is 2. The molecule has 0 spiro atoms. The predicted molar refractivity (Wildman–Crippen MR) is 127 cm³/mol. The van der Waals surface area contributed by atoms with Gasteiger partial charge in [0.2, 0.25) is 11.9 Å². The first-order valence-corrected chi connectivity index (χ1v) is 11.5. The Balaban J connectivity index is 1.65. The number of hydrogen-bond acceptors (Lipinski definition) is 6. The average Bonchev–Trinajstić information content (AvgIpc) is 3.44. The number of amidine groups is 2. The molecule has 2 atom stereocenters. The van der Waals surface area contributed by atoms with Crippen molar-refractivity contribution in [1.82, 2.24) is 19.5 Å². The van der Waals surface area contributed by atoms with Crippen molar-refractivity contribution in [3.05, 3.63) is 48.7 Å². The second-order valence-corrected chi connectivity index (χ2v) is 8.90. The van der Waals surface area contributed by atoms with Crippen LogP contribution in [0.1, 0.15) is 39.5 Å². The molecule has 3 heterocycles. The van der Waals surface area contributed by atoms with Crippen LogP contribution in [0.15, 0.2) is 42.9 Å². The number of nitrogens with zero attached hydrogens (tertiary/aromatic N) is 6. The molecule has 0 amide bonds. The Morgan fingerprint density at radius 2 is 1.94 bits per heavy atom. The first-order valence-electron chi connectivity index (χ1n) is 11.5. The van der Waals surface area contributed by atoms with E-state index in [2.05, 4.69) is 9.97 Å². The zero-order valence-electron chi connectivity index (χ0n) is 19.3. The van der Waals surface area contributed by atoms with E-state index in [-0.39, 0.29) is 42.7 Å². The molecule has 1 fully saturated rings. The van der Waals surface area contributed by atoms with Crippen molar-refractivity contribution in [2.24, 2.45) is 0 Å². The fourth-order valence-electron chi connectivity index (χ4n) is 5.00. The summed E-state index contributed by atoms with van der Waals surface area (Å²) < 4.78 is 43.6. The lowest BCUT2D eigenvalue weighted by atomic mass is 10.0. The Morgan fingerprint density at radius 3 is 2.57 bits per heavy atom. The van der Waals surface area contributed by atoms with Gasteiger partial charge in [0.05, 0.1) is 12.2 Å². The summed E-state index contributed by atoms with van der Waals surface area (Å²) in [6, 6.07) is 4.88. The van der Waals surface area contributed by atoms with Crippen molar-refractivity contribution in [2.75, 3.05) is 9.80 Å². The van der Waals surface area contributed by atoms with E-state index >= 15 is 0 Å². The van der Waals surface area contributed by atoms with Gasteiger partial charge in [0.25, 0.3) is 0 Å². The molecule has 1 aliphatic heterocycles. The Morgan fingerprint density at radius 1 is 1.20 bits per heavy atom. The molecule has 5 rings (SSSR count). The molecule has 11 heteroatoms. The average molecular weight is 483 g/mol. The van der Waals surface area contributed by atoms with Gasteiger partial charge in [0.15, 0.2) is 5.82 Å². The van der Waals surface area contributed by atoms with Crippen LogP contribution < -0.4 is 9.80 Å². The fraction of sp³-hybridized carbons (Fsp3) is 0.375. The van der Waals surface area contributed by atoms with Gasteiger partial charge in [0.1, 0.15) is 29.0 Å². The zero-order chi connectivity index (χ0) is 24.9. The lowest BCUT2D eigenvalue weighted by Gasteiger charge is -2.45. The predicted octanol–water partition coefficient (Wildman–Crippen LogP) is 5.04. The number of rotatable bonds is 4. The van der Waals surface area contributed by atoms with Gasteiger partial charge in [-0.3, -0.25) is 20.3 Å². The Hall–Kier alpha value is -3.76. The van der Waals surface area contributed by atoms with Gasteiger partial charge >= 0.3 is 0 Å². The summed E-state index contributed by atoms with van der Waals surface area (Å²) >= 11 is 0. The molecule has 8 nitrogen and oxygen atoms in total. The first kappa shape index (κ1) is 23.0. The van der Waals surface area contributed by atoms with Gasteiger partial charge in [-0.2, -0.15) is 4.98 Å². The molecule has 2 N–H and O–H groups in total. The summed E-state index contributed by atoms with van der Waals surface area (Å²) in [4.78, 5) is 16.9. The standard InChI is InChI=1S/C24H25F3N8/c1-3-18-20(29)34(14(2)28)19-13-31-23(32-22(19)35(18)17-8-9-24(26,27)12-17)33-11-10-30-21(33)15-4-6-16(25)7-5-15/h4-7,10-11,13,17-18,28-29H,3,8-9,12H2,1-2H3/t17?,18-/m1/s1. The van der Waals surface area contributed by atoms with E-state index in [1.807, 2.05) is 11.8 Å². The van der Waals surface area contributed by atoms with Crippen molar-refractivity contribution in [2.45, 2.75) is 57.5 Å². The molecule has 1 aliphatic carbocycles. The monoisotopic (exact) mass is 482 g/mol. The number of hydrogen-bond donors (Lipinski definition) is 2. The van der Waals surface area contributed by atoms with Gasteiger partial charge in [-0.15, -0.1) is 0 Å². The van der Waals surface area contributed by atoms with Gasteiger partial charge in [-0.25, -0.2) is 23.1 Å². The van der Waals surface area contributed by atoms with Crippen molar-refractivity contribution in [1.29, 1.82) is 10.8 Å². The minimum Gasteiger partial charge on any atom is -0.341 e. The van der Waals surface area contributed by atoms with Crippen molar-refractivity contribution in [3.8, 4) is 17.3 Å². The smallest absolute Gasteiger partial charge is 0.250 e. The summed E-state index contributed by atoms with van der Waals surface area (Å²) in [5.74, 6) is -1.69. The number of halogens is 3. The maximum Gasteiger partial charge on any atom is 0.250 e. The van der Waals surface area contributed by atoms with E-state index in [0.29, 0.717) is 29.3 Å². The molecular formula is C24H25F3N8. The third kappa shape index (κ3) is 3.94. The van der Waals surface area contributed by atoms with Crippen molar-refractivity contribution < 1.29 is 13.2 Å². The van der Waals surface area contributed by atoms with Crippen LogP contribution in [-0.4, -0.2) is 49.2 Å². The molecule has 0 saturated heterocycles. The summed E-state index contributed by atoms with van der Waals surface area (Å²) in [6.45, 7) is 3.47. The summed E-state index contributed by atoms with van der Waals surface area (Å²) in [5.41, 5.74) is 1.07. The molecule has 1 aromatic carbocycles. The zero-order valence-corrected chi connectivity index (χ0v) is 19.3. The Kier molecular flexibility index (Phi) is 5.57. The van der Waals surface area contributed by atoms with Gasteiger partial charge in [0, 0.05) is 36.8 Å². The fourth-order valence-corrected chi connectivity index (χ4v) is 5.00. The third-order valence-electron chi connectivity index (χ3n) is 6.57. The third-order valence-corrected chi connectivity index (χ3v) is 6.57. The molecule has 2 aromatic heterocycles. The van der Waals surface area contributed by atoms with Crippen LogP contribution in [0.25, 0.3) is 17.3 Å². The summed E-state index contributed by atoms with van der Waals surface area (Å²) in [5, 5.41) is 17.0. The molecule has 0 radical (unpaired) electrons. The number of benzene rings is 1. The topological polar surface area (TPSA) is 97.8 Å². The van der Waals surface area contributed by atoms with E-state index < -0.39 is 18.0 Å². The Bertz CT molecular complexity index is 1290. The molecule has 1 unspecified atom stereocenters. The number of imidazole rings is 1. The van der Waals surface area contributed by atoms with E-state index in [1.54, 1.807) is 36.0 Å². The number of anilines is 2. The maximum atomic E-state index is 14.2. The van der Waals surface area contributed by atoms with Crippen molar-refractivity contribution >= 4 is 23.2 Å². The van der Waals surface area contributed by atoms with E-state index in [4.69, 9.17) is 15.8 Å². The maximum absolute atomic E-state index is 14.2. The highest BCUT2D eigenvalue weighted by molar-refractivity contribution is 6.21. The lowest BCUT2D eigenvalue weighted by molar-refractivity contribution is 0.00763. The summed E-state index contributed by atoms with van der Waals surface area (Å²) in [6.07, 6.45) is 5.02. The van der Waals surface area contributed by atoms with Crippen LogP contribution in [-0.2, 0) is 0 Å². The largest absolute Gasteiger partial charge is 0.341 e. The van der Waals surface area contributed by atoms with Crippen LogP contribution in [0.2, 0.25) is 0 Å². The highest BCUT2D eigenvalue weighted by Gasteiger charge is 2.47. The normalized spacial score (nSPS) is 21.3. The first-order chi connectivity index (χ1) is 16.7. The Labute approximate surface area is 200 Å². The van der Waals surface area contributed by atoms with Crippen LogP contribution >= 0.6 is 0 Å². The van der Waals surface area contributed by atoms with Crippen molar-refractivity contribution in [3.63, 3.8) is 0 Å². The van der Waals surface area contributed by atoms with Crippen LogP contribution in [0.5, 0.6) is 0 Å². The van der Waals surface area contributed by atoms with Crippen LogP contribution in [0.4, 0.5) is 24.7 Å². The minimum atomic E-state index is -2.77. The molecule has 3 aromatic rings. The van der Waals surface area contributed by atoms with E-state index in [9.17, 15) is 13.2 Å². The molecule has 182 valence electrons. The quantitative estimate of drug-likeness (QED) is 0.401. The molecule has 35 heavy (non-hydrogen) atoms. The molecule has 1 saturated carbocycles. The lowest BCUT2D eigenvalue weighted by Crippen LogP contribution is -2.57. The summed E-state index contributed by atoms with van der Waals surface area (Å²) in [7, 11) is 0. The van der Waals surface area contributed by atoms with E-state index in [1.165, 1.54) is 23.2 Å². The SMILES string of the molecule is CC[C@@H]1C(=N)N(C(C)=N)c2cnc(-n3ccnc3-c3ccc(F)cc3)nc2N1C1CCC(F)(F)C1. The molecular weight excluding hydrogens is 457 g/mol. The highest BCUT2D eigenvalue weighted by Crippen LogP contribution is 2.44. The highest BCUT2D eigenvalue weighted by atomic mass is 19.3. The number of aromatic nitrogens is 4. The molecule has 2 aliphatic rings. The number of fused-ring (bicyclic) bond motifs is 1.